The van der Waals surface area contributed by atoms with Crippen LogP contribution in [-0.2, 0) is 21.3 Å². The first kappa shape index (κ1) is 26.1. The van der Waals surface area contributed by atoms with E-state index in [1.54, 1.807) is 18.2 Å². The summed E-state index contributed by atoms with van der Waals surface area (Å²) in [6, 6.07) is 6.92. The van der Waals surface area contributed by atoms with Crippen molar-refractivity contribution in [3.63, 3.8) is 0 Å². The van der Waals surface area contributed by atoms with Crippen LogP contribution in [0.25, 0.3) is 0 Å². The number of hydrogen-bond acceptors (Lipinski definition) is 4. The van der Waals surface area contributed by atoms with E-state index in [9.17, 15) is 8.42 Å². The molecular weight excluding hydrogens is 479 g/mol. The molecule has 27 heavy (non-hydrogen) atoms. The second-order valence-electron chi connectivity index (χ2n) is 6.78. The zero-order valence-corrected chi connectivity index (χ0v) is 20.0. The lowest BCUT2D eigenvalue weighted by molar-refractivity contribution is 0.152. The van der Waals surface area contributed by atoms with Crippen LogP contribution >= 0.6 is 24.0 Å². The fraction of sp³-hybridized carbons (Fsp3) is 0.611. The van der Waals surface area contributed by atoms with Gasteiger partial charge in [0.25, 0.3) is 0 Å². The molecule has 0 radical (unpaired) electrons. The number of ether oxygens (including phenoxy) is 1. The van der Waals surface area contributed by atoms with E-state index in [-0.39, 0.29) is 35.4 Å². The number of sulfonamides is 1. The van der Waals surface area contributed by atoms with Crippen molar-refractivity contribution in [2.45, 2.75) is 51.6 Å². The van der Waals surface area contributed by atoms with Crippen LogP contribution in [0.2, 0.25) is 0 Å². The molecular formula is C18H33IN4O3S. The Labute approximate surface area is 180 Å². The van der Waals surface area contributed by atoms with Crippen molar-refractivity contribution in [1.82, 2.24) is 15.4 Å². The quantitative estimate of drug-likeness (QED) is 0.205. The van der Waals surface area contributed by atoms with Gasteiger partial charge in [-0.05, 0) is 46.2 Å². The number of guanidine groups is 1. The highest BCUT2D eigenvalue weighted by Gasteiger charge is 2.24. The molecule has 0 aliphatic rings. The van der Waals surface area contributed by atoms with Crippen molar-refractivity contribution in [2.75, 3.05) is 26.3 Å². The molecule has 0 fully saturated rings. The lowest BCUT2D eigenvalue weighted by Gasteiger charge is -2.21. The van der Waals surface area contributed by atoms with E-state index in [4.69, 9.17) is 4.74 Å². The van der Waals surface area contributed by atoms with Gasteiger partial charge in [-0.25, -0.2) is 18.1 Å². The Bertz CT molecular complexity index is 688. The van der Waals surface area contributed by atoms with Crippen LogP contribution in [0.5, 0.6) is 0 Å². The molecule has 0 aliphatic carbocycles. The zero-order chi connectivity index (χ0) is 19.6. The Balaban J connectivity index is 0.00000676. The molecule has 0 saturated heterocycles. The average Bonchev–Trinajstić information content (AvgIpc) is 2.54. The minimum absolute atomic E-state index is 0. The molecule has 0 unspecified atom stereocenters. The average molecular weight is 512 g/mol. The summed E-state index contributed by atoms with van der Waals surface area (Å²) in [7, 11) is -3.61. The second-order valence-corrected chi connectivity index (χ2v) is 8.43. The maximum Gasteiger partial charge on any atom is 0.241 e. The van der Waals surface area contributed by atoms with E-state index in [1.807, 2.05) is 40.7 Å². The topological polar surface area (TPSA) is 91.8 Å². The van der Waals surface area contributed by atoms with Crippen molar-refractivity contribution >= 4 is 40.0 Å². The predicted molar refractivity (Wildman–Crippen MR) is 121 cm³/mol. The molecule has 1 aromatic rings. The Morgan fingerprint density at radius 1 is 1.15 bits per heavy atom. The number of hydrogen-bond donors (Lipinski definition) is 3. The maximum absolute atomic E-state index is 12.7. The lowest BCUT2D eigenvalue weighted by atomic mass is 10.1. The number of aliphatic imine (C=N–C) groups is 1. The summed E-state index contributed by atoms with van der Waals surface area (Å²) >= 11 is 0. The fourth-order valence-corrected chi connectivity index (χ4v) is 3.90. The molecule has 156 valence electrons. The standard InChI is InChI=1S/C18H32N4O3S.HI/c1-6-19-17(20-12-13-25-7-2)21-14-15-10-8-9-11-16(15)26(23,24)22-18(3,4)5;/h8-11,22H,6-7,12-14H2,1-5H3,(H2,19,20,21);1H. The van der Waals surface area contributed by atoms with Crippen molar-refractivity contribution in [1.29, 1.82) is 0 Å². The largest absolute Gasteiger partial charge is 0.380 e. The van der Waals surface area contributed by atoms with Crippen LogP contribution in [0, 0.1) is 0 Å². The summed E-state index contributed by atoms with van der Waals surface area (Å²) < 4.78 is 33.3. The van der Waals surface area contributed by atoms with E-state index in [1.165, 1.54) is 0 Å². The van der Waals surface area contributed by atoms with Gasteiger partial charge in [0.15, 0.2) is 5.96 Å². The van der Waals surface area contributed by atoms with Crippen LogP contribution in [0.4, 0.5) is 0 Å². The van der Waals surface area contributed by atoms with Gasteiger partial charge in [0.05, 0.1) is 18.0 Å². The third kappa shape index (κ3) is 10.3. The normalized spacial score (nSPS) is 12.4. The fourth-order valence-electron chi connectivity index (χ4n) is 2.25. The van der Waals surface area contributed by atoms with E-state index >= 15 is 0 Å². The van der Waals surface area contributed by atoms with Crippen LogP contribution in [0.1, 0.15) is 40.2 Å². The second kappa shape index (κ2) is 12.5. The van der Waals surface area contributed by atoms with Crippen molar-refractivity contribution in [3.05, 3.63) is 29.8 Å². The summed E-state index contributed by atoms with van der Waals surface area (Å²) in [6.45, 7) is 12.2. The molecule has 0 saturated carbocycles. The Kier molecular flexibility index (Phi) is 12.1. The van der Waals surface area contributed by atoms with Gasteiger partial charge in [0.2, 0.25) is 10.0 Å². The summed E-state index contributed by atoms with van der Waals surface area (Å²) in [5, 5.41) is 6.32. The molecule has 1 aromatic carbocycles. The van der Waals surface area contributed by atoms with Crippen molar-refractivity contribution in [3.8, 4) is 0 Å². The number of nitrogens with one attached hydrogen (secondary N) is 3. The van der Waals surface area contributed by atoms with Gasteiger partial charge in [-0.3, -0.25) is 0 Å². The number of benzene rings is 1. The SMILES string of the molecule is CCNC(=NCc1ccccc1S(=O)(=O)NC(C)(C)C)NCCOCC.I. The molecule has 0 aliphatic heterocycles. The molecule has 0 atom stereocenters. The van der Waals surface area contributed by atoms with E-state index in [0.29, 0.717) is 37.8 Å². The van der Waals surface area contributed by atoms with Crippen LogP contribution < -0.4 is 15.4 Å². The monoisotopic (exact) mass is 512 g/mol. The molecule has 1 rings (SSSR count). The van der Waals surface area contributed by atoms with E-state index in [0.717, 1.165) is 0 Å². The number of nitrogens with zero attached hydrogens (tertiary/aromatic N) is 1. The minimum Gasteiger partial charge on any atom is -0.380 e. The van der Waals surface area contributed by atoms with Gasteiger partial charge in [0.1, 0.15) is 0 Å². The Morgan fingerprint density at radius 2 is 1.81 bits per heavy atom. The Hall–Kier alpha value is -0.910. The first-order valence-electron chi connectivity index (χ1n) is 8.91. The Morgan fingerprint density at radius 3 is 2.41 bits per heavy atom. The highest BCUT2D eigenvalue weighted by Crippen LogP contribution is 2.18. The number of halogens is 1. The van der Waals surface area contributed by atoms with E-state index < -0.39 is 15.6 Å². The smallest absolute Gasteiger partial charge is 0.241 e. The lowest BCUT2D eigenvalue weighted by Crippen LogP contribution is -2.41. The van der Waals surface area contributed by atoms with Crippen molar-refractivity contribution < 1.29 is 13.2 Å². The molecule has 0 amide bonds. The van der Waals surface area contributed by atoms with Gasteiger partial charge >= 0.3 is 0 Å². The first-order valence-corrected chi connectivity index (χ1v) is 10.4. The summed E-state index contributed by atoms with van der Waals surface area (Å²) in [5.74, 6) is 0.628. The molecule has 0 heterocycles. The van der Waals surface area contributed by atoms with Gasteiger partial charge in [-0.15, -0.1) is 24.0 Å². The third-order valence-corrected chi connectivity index (χ3v) is 5.06. The van der Waals surface area contributed by atoms with Crippen LogP contribution in [0.15, 0.2) is 34.2 Å². The van der Waals surface area contributed by atoms with Gasteiger partial charge in [0, 0.05) is 25.2 Å². The molecule has 9 heteroatoms. The third-order valence-electron chi connectivity index (χ3n) is 3.20. The summed E-state index contributed by atoms with van der Waals surface area (Å²) in [5.41, 5.74) is 0.0941. The highest BCUT2D eigenvalue weighted by molar-refractivity contribution is 14.0. The molecule has 7 nitrogen and oxygen atoms in total. The van der Waals surface area contributed by atoms with Gasteiger partial charge in [-0.1, -0.05) is 18.2 Å². The first-order chi connectivity index (χ1) is 12.2. The highest BCUT2D eigenvalue weighted by atomic mass is 127. The van der Waals surface area contributed by atoms with E-state index in [2.05, 4.69) is 20.3 Å². The van der Waals surface area contributed by atoms with Gasteiger partial charge in [-0.2, -0.15) is 0 Å². The van der Waals surface area contributed by atoms with Crippen molar-refractivity contribution in [2.24, 2.45) is 4.99 Å². The molecule has 3 N–H and O–H groups in total. The van der Waals surface area contributed by atoms with Crippen LogP contribution in [0.3, 0.4) is 0 Å². The minimum atomic E-state index is -3.61. The number of rotatable bonds is 9. The molecule has 0 spiro atoms. The zero-order valence-electron chi connectivity index (χ0n) is 16.8. The summed E-state index contributed by atoms with van der Waals surface area (Å²) in [4.78, 5) is 4.75. The van der Waals surface area contributed by atoms with Crippen LogP contribution in [-0.4, -0.2) is 46.2 Å². The molecule has 0 aromatic heterocycles. The summed E-state index contributed by atoms with van der Waals surface area (Å²) in [6.07, 6.45) is 0. The predicted octanol–water partition coefficient (Wildman–Crippen LogP) is 2.47. The maximum atomic E-state index is 12.7. The van der Waals surface area contributed by atoms with Gasteiger partial charge < -0.3 is 15.4 Å². The molecule has 0 bridgehead atoms.